The zero-order valence-electron chi connectivity index (χ0n) is 34.6. The van der Waals surface area contributed by atoms with Crippen molar-refractivity contribution in [3.63, 3.8) is 0 Å². The Morgan fingerprint density at radius 2 is 1.75 bits per heavy atom. The van der Waals surface area contributed by atoms with E-state index in [1.54, 1.807) is 0 Å². The summed E-state index contributed by atoms with van der Waals surface area (Å²) in [6.45, 7) is 14.0. The number of anilines is 1. The second-order valence-electron chi connectivity index (χ2n) is 16.7. The van der Waals surface area contributed by atoms with Crippen molar-refractivity contribution >= 4 is 34.4 Å². The average molecular weight is 811 g/mol. The highest BCUT2D eigenvalue weighted by Crippen LogP contribution is 2.33. The number of pyridine rings is 2. The lowest BCUT2D eigenvalue weighted by Gasteiger charge is -2.36. The molecule has 0 aliphatic carbocycles. The van der Waals surface area contributed by atoms with Crippen LogP contribution in [0.3, 0.4) is 0 Å². The molecule has 0 radical (unpaired) electrons. The number of hydrogen-bond acceptors (Lipinski definition) is 12. The Bertz CT molecular complexity index is 2550. The topological polar surface area (TPSA) is 195 Å². The molecule has 15 heteroatoms. The molecule has 1 unspecified atom stereocenters. The maximum atomic E-state index is 12.9. The van der Waals surface area contributed by atoms with Gasteiger partial charge in [-0.05, 0) is 72.9 Å². The van der Waals surface area contributed by atoms with Gasteiger partial charge in [-0.3, -0.25) is 34.7 Å². The van der Waals surface area contributed by atoms with Gasteiger partial charge >= 0.3 is 11.8 Å². The van der Waals surface area contributed by atoms with E-state index in [4.69, 9.17) is 9.51 Å². The van der Waals surface area contributed by atoms with Crippen LogP contribution < -0.4 is 15.5 Å². The van der Waals surface area contributed by atoms with E-state index in [0.717, 1.165) is 89.4 Å². The van der Waals surface area contributed by atoms with Crippen LogP contribution in [-0.4, -0.2) is 90.8 Å². The maximum Gasteiger partial charge on any atom is 0.315 e. The number of hydrogen-bond donors (Lipinski definition) is 4. The molecule has 2 saturated heterocycles. The van der Waals surface area contributed by atoms with E-state index in [2.05, 4.69) is 76.1 Å². The Morgan fingerprint density at radius 1 is 0.983 bits per heavy atom. The lowest BCUT2D eigenvalue weighted by molar-refractivity contribution is -0.134. The second kappa shape index (κ2) is 16.7. The molecular formula is C45H50N10O5. The number of piperazine rings is 1. The molecular weight excluding hydrogens is 761 g/mol. The molecule has 2 aliphatic rings. The molecule has 6 aromatic rings. The van der Waals surface area contributed by atoms with Crippen molar-refractivity contribution in [2.75, 3.05) is 37.6 Å². The largest absolute Gasteiger partial charge is 0.392 e. The Balaban J connectivity index is 0.881. The summed E-state index contributed by atoms with van der Waals surface area (Å²) in [6.07, 6.45) is 3.55. The Kier molecular flexibility index (Phi) is 11.3. The highest BCUT2D eigenvalue weighted by Gasteiger charge is 2.30. The molecule has 6 heterocycles. The van der Waals surface area contributed by atoms with Gasteiger partial charge in [0.1, 0.15) is 0 Å². The van der Waals surface area contributed by atoms with E-state index in [-0.39, 0.29) is 35.6 Å². The molecule has 2 fully saturated rings. The van der Waals surface area contributed by atoms with Crippen molar-refractivity contribution in [1.82, 2.24) is 45.8 Å². The molecule has 2 aliphatic heterocycles. The summed E-state index contributed by atoms with van der Waals surface area (Å²) in [4.78, 5) is 55.5. The van der Waals surface area contributed by atoms with Gasteiger partial charge in [-0.15, -0.1) is 0 Å². The minimum Gasteiger partial charge on any atom is -0.392 e. The smallest absolute Gasteiger partial charge is 0.315 e. The fourth-order valence-corrected chi connectivity index (χ4v) is 8.04. The lowest BCUT2D eigenvalue weighted by atomic mass is 9.89. The third-order valence-corrected chi connectivity index (χ3v) is 11.5. The number of H-pyrrole nitrogens is 1. The standard InChI is InChI=1S/C45H50N10O5/c1-26(48-42(59)43-50-44(53-60-43)45(3,4)5)34-12-8-29(22-31(34)25-56)39-37-23-30(24-46-40(37)52-51-39)28-6-10-33(11-7-28)55-20-18-54(19-21-55)17-16-32-9-13-35(27(2)47-32)36-14-15-38(57)49-41(36)58/h6-13,22-24,26,36,56H,14-21,25H2,1-5H3,(H,48,59)(H,46,51,52)(H,49,57,58)/t26-,36?/m1/s1. The monoisotopic (exact) mass is 810 g/mol. The Hall–Kier alpha value is -6.32. The number of piperidine rings is 1. The van der Waals surface area contributed by atoms with E-state index in [1.165, 1.54) is 5.69 Å². The number of amides is 3. The number of benzene rings is 2. The van der Waals surface area contributed by atoms with Crippen LogP contribution >= 0.6 is 0 Å². The number of aromatic nitrogens is 6. The van der Waals surface area contributed by atoms with E-state index in [1.807, 2.05) is 71.1 Å². The third-order valence-electron chi connectivity index (χ3n) is 11.5. The van der Waals surface area contributed by atoms with Crippen molar-refractivity contribution in [3.8, 4) is 22.4 Å². The van der Waals surface area contributed by atoms with Crippen LogP contribution in [0.5, 0.6) is 0 Å². The van der Waals surface area contributed by atoms with Gasteiger partial charge in [0.25, 0.3) is 0 Å². The van der Waals surface area contributed by atoms with Gasteiger partial charge in [-0.2, -0.15) is 10.1 Å². The lowest BCUT2D eigenvalue weighted by Crippen LogP contribution is -2.47. The summed E-state index contributed by atoms with van der Waals surface area (Å²) < 4.78 is 5.22. The molecule has 3 amide bonds. The van der Waals surface area contributed by atoms with Crippen molar-refractivity contribution < 1.29 is 24.0 Å². The predicted molar refractivity (Wildman–Crippen MR) is 226 cm³/mol. The first-order valence-corrected chi connectivity index (χ1v) is 20.5. The normalized spacial score (nSPS) is 16.9. The molecule has 0 saturated carbocycles. The number of aliphatic hydroxyl groups excluding tert-OH is 1. The second-order valence-corrected chi connectivity index (χ2v) is 16.7. The minimum absolute atomic E-state index is 0.107. The number of aliphatic hydroxyl groups is 1. The average Bonchev–Trinajstić information content (AvgIpc) is 3.92. The molecule has 0 bridgehead atoms. The quantitative estimate of drug-likeness (QED) is 0.120. The van der Waals surface area contributed by atoms with Gasteiger partial charge < -0.3 is 19.8 Å². The van der Waals surface area contributed by atoms with Gasteiger partial charge in [0.2, 0.25) is 11.8 Å². The number of aryl methyl sites for hydroxylation is 1. The number of carbonyl (C=O) groups is 3. The SMILES string of the molecule is Cc1nc(CCN2CCN(c3ccc(-c4cnc5n[nH]c(-c6ccc([C@@H](C)NC(=O)c7nc(C(C)(C)C)no7)c(CO)c6)c5c4)cc3)CC2)ccc1C1CCC(=O)NC1=O. The molecule has 15 nitrogen and oxygen atoms in total. The summed E-state index contributed by atoms with van der Waals surface area (Å²) in [5, 5.41) is 28.1. The van der Waals surface area contributed by atoms with Gasteiger partial charge in [0.15, 0.2) is 11.5 Å². The van der Waals surface area contributed by atoms with Gasteiger partial charge in [-0.25, -0.2) is 4.98 Å². The highest BCUT2D eigenvalue weighted by molar-refractivity contribution is 6.01. The summed E-state index contributed by atoms with van der Waals surface area (Å²) >= 11 is 0. The summed E-state index contributed by atoms with van der Waals surface area (Å²) in [5.74, 6) is -0.900. The van der Waals surface area contributed by atoms with Crippen LogP contribution in [0, 0.1) is 6.92 Å². The number of fused-ring (bicyclic) bond motifs is 1. The molecule has 4 N–H and O–H groups in total. The third kappa shape index (κ3) is 8.54. The van der Waals surface area contributed by atoms with Crippen molar-refractivity contribution in [2.45, 2.75) is 77.9 Å². The zero-order valence-corrected chi connectivity index (χ0v) is 34.6. The van der Waals surface area contributed by atoms with Crippen LogP contribution in [0.1, 0.15) is 97.1 Å². The summed E-state index contributed by atoms with van der Waals surface area (Å²) in [7, 11) is 0. The van der Waals surface area contributed by atoms with E-state index < -0.39 is 11.9 Å². The van der Waals surface area contributed by atoms with Crippen LogP contribution in [0.4, 0.5) is 5.69 Å². The first-order valence-electron chi connectivity index (χ1n) is 20.5. The zero-order chi connectivity index (χ0) is 42.1. The van der Waals surface area contributed by atoms with E-state index in [0.29, 0.717) is 29.9 Å². The first kappa shape index (κ1) is 40.5. The molecule has 2 atom stereocenters. The maximum absolute atomic E-state index is 12.9. The van der Waals surface area contributed by atoms with Crippen LogP contribution in [0.15, 0.2) is 71.4 Å². The number of imide groups is 1. The van der Waals surface area contributed by atoms with Gasteiger partial charge in [0, 0.05) is 90.8 Å². The molecule has 8 rings (SSSR count). The minimum atomic E-state index is -0.485. The fraction of sp³-hybridized carbons (Fsp3) is 0.378. The first-order chi connectivity index (χ1) is 28.8. The summed E-state index contributed by atoms with van der Waals surface area (Å²) in [6, 6.07) is 20.0. The van der Waals surface area contributed by atoms with Crippen LogP contribution in [0.25, 0.3) is 33.4 Å². The predicted octanol–water partition coefficient (Wildman–Crippen LogP) is 5.54. The van der Waals surface area contributed by atoms with Gasteiger partial charge in [0.05, 0.1) is 24.3 Å². The summed E-state index contributed by atoms with van der Waals surface area (Å²) in [5.41, 5.74) is 9.20. The fourth-order valence-electron chi connectivity index (χ4n) is 8.04. The van der Waals surface area contributed by atoms with Crippen molar-refractivity contribution in [2.24, 2.45) is 0 Å². The van der Waals surface area contributed by atoms with Crippen LogP contribution in [-0.2, 0) is 28.0 Å². The van der Waals surface area contributed by atoms with E-state index >= 15 is 0 Å². The molecule has 60 heavy (non-hydrogen) atoms. The number of aromatic amines is 1. The number of rotatable bonds is 11. The molecule has 2 aromatic carbocycles. The molecule has 0 spiro atoms. The number of nitrogens with one attached hydrogen (secondary N) is 3. The van der Waals surface area contributed by atoms with Crippen molar-refractivity contribution in [1.29, 1.82) is 0 Å². The number of carbonyl (C=O) groups excluding carboxylic acids is 3. The highest BCUT2D eigenvalue weighted by atomic mass is 16.5. The van der Waals surface area contributed by atoms with E-state index in [9.17, 15) is 19.5 Å². The van der Waals surface area contributed by atoms with Crippen LogP contribution in [0.2, 0.25) is 0 Å². The molecule has 310 valence electrons. The van der Waals surface area contributed by atoms with Crippen molar-refractivity contribution in [3.05, 3.63) is 107 Å². The number of nitrogens with zero attached hydrogens (tertiary/aromatic N) is 7. The van der Waals surface area contributed by atoms with Gasteiger partial charge in [-0.1, -0.05) is 56.3 Å². The Morgan fingerprint density at radius 3 is 2.45 bits per heavy atom. The Labute approximate surface area is 348 Å². The molecule has 4 aromatic heterocycles.